The highest BCUT2D eigenvalue weighted by Crippen LogP contribution is 2.24. The van der Waals surface area contributed by atoms with Crippen LogP contribution in [0.25, 0.3) is 0 Å². The van der Waals surface area contributed by atoms with Crippen LogP contribution < -0.4 is 5.32 Å². The van der Waals surface area contributed by atoms with Gasteiger partial charge < -0.3 is 10.1 Å². The van der Waals surface area contributed by atoms with E-state index in [1.165, 1.54) is 0 Å². The van der Waals surface area contributed by atoms with E-state index in [2.05, 4.69) is 51.7 Å². The quantitative estimate of drug-likeness (QED) is 0.751. The SMILES string of the molecule is CCCNc1nc(C(CCC)OC)nc(C)c1I. The van der Waals surface area contributed by atoms with Crippen LogP contribution in [-0.4, -0.2) is 23.6 Å². The van der Waals surface area contributed by atoms with Gasteiger partial charge in [-0.05, 0) is 42.4 Å². The molecule has 0 bridgehead atoms. The lowest BCUT2D eigenvalue weighted by atomic mass is 10.2. The van der Waals surface area contributed by atoms with Crippen molar-refractivity contribution in [1.29, 1.82) is 0 Å². The standard InChI is InChI=1S/C13H22IN3O/c1-5-7-10(18-4)12-16-9(3)11(14)13(17-12)15-8-6-2/h10H,5-8H2,1-4H3,(H,15,16,17). The highest BCUT2D eigenvalue weighted by Gasteiger charge is 2.16. The molecular weight excluding hydrogens is 341 g/mol. The van der Waals surface area contributed by atoms with Crippen molar-refractivity contribution in [2.75, 3.05) is 19.0 Å². The summed E-state index contributed by atoms with van der Waals surface area (Å²) < 4.78 is 6.57. The van der Waals surface area contributed by atoms with Crippen LogP contribution >= 0.6 is 22.6 Å². The Bertz CT molecular complexity index is 385. The minimum Gasteiger partial charge on any atom is -0.373 e. The number of nitrogens with zero attached hydrogens (tertiary/aromatic N) is 2. The van der Waals surface area contributed by atoms with E-state index in [0.717, 1.165) is 46.7 Å². The maximum atomic E-state index is 5.48. The number of ether oxygens (including phenoxy) is 1. The zero-order valence-electron chi connectivity index (χ0n) is 11.6. The van der Waals surface area contributed by atoms with Gasteiger partial charge in [0.05, 0.1) is 9.26 Å². The lowest BCUT2D eigenvalue weighted by molar-refractivity contribution is 0.0875. The number of hydrogen-bond acceptors (Lipinski definition) is 4. The van der Waals surface area contributed by atoms with Gasteiger partial charge in [0.1, 0.15) is 11.9 Å². The molecule has 0 saturated carbocycles. The first-order valence-electron chi connectivity index (χ1n) is 6.44. The Hall–Kier alpha value is -0.430. The Balaban J connectivity index is 3.01. The van der Waals surface area contributed by atoms with Crippen molar-refractivity contribution in [3.8, 4) is 0 Å². The minimum absolute atomic E-state index is 0.00660. The first-order chi connectivity index (χ1) is 8.63. The summed E-state index contributed by atoms with van der Waals surface area (Å²) in [5.74, 6) is 1.72. The molecule has 1 atom stereocenters. The van der Waals surface area contributed by atoms with Crippen LogP contribution in [0.1, 0.15) is 50.7 Å². The average Bonchev–Trinajstić information content (AvgIpc) is 2.37. The number of anilines is 1. The van der Waals surface area contributed by atoms with Gasteiger partial charge in [0, 0.05) is 13.7 Å². The Kier molecular flexibility index (Phi) is 6.85. The molecule has 102 valence electrons. The van der Waals surface area contributed by atoms with E-state index in [9.17, 15) is 0 Å². The van der Waals surface area contributed by atoms with Gasteiger partial charge in [0.2, 0.25) is 0 Å². The average molecular weight is 363 g/mol. The van der Waals surface area contributed by atoms with Gasteiger partial charge >= 0.3 is 0 Å². The molecule has 0 aliphatic rings. The van der Waals surface area contributed by atoms with Gasteiger partial charge in [-0.1, -0.05) is 20.3 Å². The molecule has 0 spiro atoms. The minimum atomic E-state index is -0.00660. The third-order valence-electron chi connectivity index (χ3n) is 2.70. The molecule has 18 heavy (non-hydrogen) atoms. The number of aromatic nitrogens is 2. The molecule has 5 heteroatoms. The van der Waals surface area contributed by atoms with Crippen molar-refractivity contribution in [3.63, 3.8) is 0 Å². The zero-order chi connectivity index (χ0) is 13.5. The predicted octanol–water partition coefficient (Wildman–Crippen LogP) is 3.70. The number of aryl methyl sites for hydroxylation is 1. The third-order valence-corrected chi connectivity index (χ3v) is 3.99. The Morgan fingerprint density at radius 3 is 2.56 bits per heavy atom. The van der Waals surface area contributed by atoms with Crippen LogP contribution in [-0.2, 0) is 4.74 Å². The fourth-order valence-electron chi connectivity index (χ4n) is 1.70. The van der Waals surface area contributed by atoms with Crippen LogP contribution in [0.2, 0.25) is 0 Å². The number of methoxy groups -OCH3 is 1. The van der Waals surface area contributed by atoms with E-state index >= 15 is 0 Å². The number of hydrogen-bond donors (Lipinski definition) is 1. The Labute approximate surface area is 123 Å². The van der Waals surface area contributed by atoms with Crippen LogP contribution in [0, 0.1) is 10.5 Å². The second kappa shape index (κ2) is 7.89. The molecule has 4 nitrogen and oxygen atoms in total. The molecule has 0 saturated heterocycles. The van der Waals surface area contributed by atoms with E-state index in [0.29, 0.717) is 0 Å². The molecule has 1 heterocycles. The lowest BCUT2D eigenvalue weighted by Gasteiger charge is -2.16. The highest BCUT2D eigenvalue weighted by atomic mass is 127. The molecule has 1 aromatic rings. The van der Waals surface area contributed by atoms with Crippen LogP contribution in [0.5, 0.6) is 0 Å². The Morgan fingerprint density at radius 1 is 1.28 bits per heavy atom. The maximum absolute atomic E-state index is 5.48. The molecule has 0 radical (unpaired) electrons. The van der Waals surface area contributed by atoms with E-state index in [4.69, 9.17) is 4.74 Å². The van der Waals surface area contributed by atoms with Crippen molar-refractivity contribution >= 4 is 28.4 Å². The summed E-state index contributed by atoms with van der Waals surface area (Å²) in [7, 11) is 1.72. The molecule has 0 aliphatic carbocycles. The highest BCUT2D eigenvalue weighted by molar-refractivity contribution is 14.1. The van der Waals surface area contributed by atoms with Gasteiger partial charge in [0.15, 0.2) is 5.82 Å². The van der Waals surface area contributed by atoms with Crippen molar-refractivity contribution in [2.45, 2.75) is 46.1 Å². The van der Waals surface area contributed by atoms with Crippen molar-refractivity contribution in [1.82, 2.24) is 9.97 Å². The maximum Gasteiger partial charge on any atom is 0.159 e. The summed E-state index contributed by atoms with van der Waals surface area (Å²) in [6.07, 6.45) is 3.08. The second-order valence-corrected chi connectivity index (χ2v) is 5.35. The molecule has 1 rings (SSSR count). The second-order valence-electron chi connectivity index (χ2n) is 4.27. The molecule has 0 fully saturated rings. The number of rotatable bonds is 7. The summed E-state index contributed by atoms with van der Waals surface area (Å²) in [6.45, 7) is 7.23. The van der Waals surface area contributed by atoms with Crippen molar-refractivity contribution < 1.29 is 4.74 Å². The van der Waals surface area contributed by atoms with E-state index in [-0.39, 0.29) is 6.10 Å². The predicted molar refractivity (Wildman–Crippen MR) is 82.9 cm³/mol. The van der Waals surface area contributed by atoms with E-state index < -0.39 is 0 Å². The number of halogens is 1. The number of nitrogens with one attached hydrogen (secondary N) is 1. The molecule has 1 unspecified atom stereocenters. The van der Waals surface area contributed by atoms with Gasteiger partial charge in [-0.2, -0.15) is 0 Å². The first-order valence-corrected chi connectivity index (χ1v) is 7.52. The zero-order valence-corrected chi connectivity index (χ0v) is 13.7. The summed E-state index contributed by atoms with van der Waals surface area (Å²) in [5, 5.41) is 3.35. The van der Waals surface area contributed by atoms with Gasteiger partial charge in [-0.3, -0.25) is 0 Å². The summed E-state index contributed by atoms with van der Waals surface area (Å²) in [4.78, 5) is 9.15. The Morgan fingerprint density at radius 2 is 2.00 bits per heavy atom. The first kappa shape index (κ1) is 15.6. The molecule has 0 amide bonds. The van der Waals surface area contributed by atoms with Crippen LogP contribution in [0.3, 0.4) is 0 Å². The normalized spacial score (nSPS) is 12.5. The summed E-state index contributed by atoms with van der Waals surface area (Å²) in [6, 6.07) is 0. The van der Waals surface area contributed by atoms with Crippen molar-refractivity contribution in [2.24, 2.45) is 0 Å². The van der Waals surface area contributed by atoms with E-state index in [1.54, 1.807) is 7.11 Å². The summed E-state index contributed by atoms with van der Waals surface area (Å²) >= 11 is 2.29. The lowest BCUT2D eigenvalue weighted by Crippen LogP contribution is -2.13. The third kappa shape index (κ3) is 4.05. The van der Waals surface area contributed by atoms with Crippen molar-refractivity contribution in [3.05, 3.63) is 15.1 Å². The smallest absolute Gasteiger partial charge is 0.159 e. The largest absolute Gasteiger partial charge is 0.373 e. The fraction of sp³-hybridized carbons (Fsp3) is 0.692. The van der Waals surface area contributed by atoms with Crippen LogP contribution in [0.15, 0.2) is 0 Å². The van der Waals surface area contributed by atoms with Crippen LogP contribution in [0.4, 0.5) is 5.82 Å². The molecule has 1 aromatic heterocycles. The molecular formula is C13H22IN3O. The topological polar surface area (TPSA) is 47.0 Å². The molecule has 0 aliphatic heterocycles. The summed E-state index contributed by atoms with van der Waals surface area (Å²) in [5.41, 5.74) is 1.01. The molecule has 0 aromatic carbocycles. The van der Waals surface area contributed by atoms with E-state index in [1.807, 2.05) is 6.92 Å². The van der Waals surface area contributed by atoms with Gasteiger partial charge in [0.25, 0.3) is 0 Å². The monoisotopic (exact) mass is 363 g/mol. The molecule has 1 N–H and O–H groups in total. The van der Waals surface area contributed by atoms with Gasteiger partial charge in [-0.15, -0.1) is 0 Å². The fourth-order valence-corrected chi connectivity index (χ4v) is 2.13. The van der Waals surface area contributed by atoms with Gasteiger partial charge in [-0.25, -0.2) is 9.97 Å².